The molecule has 0 radical (unpaired) electrons. The standard InChI is InChI=1S/C11H16N2O/c1-14-10-5-2-7-6-8(12)3-4-9(7)11(10)13/h2,5,8H,3-4,6,12-13H2,1H3/t8-/m1/s1. The monoisotopic (exact) mass is 192 g/mol. The van der Waals surface area contributed by atoms with Gasteiger partial charge in [0.25, 0.3) is 0 Å². The Morgan fingerprint density at radius 2 is 2.21 bits per heavy atom. The summed E-state index contributed by atoms with van der Waals surface area (Å²) in [6.07, 6.45) is 2.92. The van der Waals surface area contributed by atoms with E-state index in [2.05, 4.69) is 6.07 Å². The number of anilines is 1. The van der Waals surface area contributed by atoms with Crippen molar-refractivity contribution in [1.29, 1.82) is 0 Å². The fraction of sp³-hybridized carbons (Fsp3) is 0.455. The maximum atomic E-state index is 5.99. The molecule has 14 heavy (non-hydrogen) atoms. The molecular weight excluding hydrogens is 176 g/mol. The summed E-state index contributed by atoms with van der Waals surface area (Å²) in [6, 6.07) is 4.28. The third-order valence-corrected chi connectivity index (χ3v) is 2.88. The van der Waals surface area contributed by atoms with E-state index >= 15 is 0 Å². The van der Waals surface area contributed by atoms with Crippen LogP contribution in [-0.4, -0.2) is 13.2 Å². The van der Waals surface area contributed by atoms with Gasteiger partial charge in [0, 0.05) is 6.04 Å². The normalized spacial score (nSPS) is 20.3. The van der Waals surface area contributed by atoms with Gasteiger partial charge in [-0.3, -0.25) is 0 Å². The first-order valence-electron chi connectivity index (χ1n) is 4.92. The molecule has 0 amide bonds. The van der Waals surface area contributed by atoms with E-state index in [1.165, 1.54) is 11.1 Å². The largest absolute Gasteiger partial charge is 0.495 e. The first kappa shape index (κ1) is 9.34. The Labute approximate surface area is 84.0 Å². The zero-order chi connectivity index (χ0) is 10.1. The Bertz CT molecular complexity index is 349. The lowest BCUT2D eigenvalue weighted by molar-refractivity contribution is 0.415. The van der Waals surface area contributed by atoms with Crippen LogP contribution in [0.5, 0.6) is 5.75 Å². The van der Waals surface area contributed by atoms with Crippen molar-refractivity contribution in [2.45, 2.75) is 25.3 Å². The Balaban J connectivity index is 2.43. The van der Waals surface area contributed by atoms with Crippen LogP contribution in [0.15, 0.2) is 12.1 Å². The van der Waals surface area contributed by atoms with E-state index in [-0.39, 0.29) is 6.04 Å². The fourth-order valence-corrected chi connectivity index (χ4v) is 2.07. The average molecular weight is 192 g/mol. The summed E-state index contributed by atoms with van der Waals surface area (Å²) < 4.78 is 5.18. The summed E-state index contributed by atoms with van der Waals surface area (Å²) in [5, 5.41) is 0. The van der Waals surface area contributed by atoms with Crippen molar-refractivity contribution in [1.82, 2.24) is 0 Å². The third kappa shape index (κ3) is 1.44. The predicted molar refractivity (Wildman–Crippen MR) is 57.4 cm³/mol. The molecule has 0 unspecified atom stereocenters. The minimum Gasteiger partial charge on any atom is -0.495 e. The van der Waals surface area contributed by atoms with Crippen LogP contribution in [0.1, 0.15) is 17.5 Å². The quantitative estimate of drug-likeness (QED) is 0.655. The first-order valence-corrected chi connectivity index (χ1v) is 4.92. The fourth-order valence-electron chi connectivity index (χ4n) is 2.07. The molecule has 0 saturated heterocycles. The van der Waals surface area contributed by atoms with Crippen LogP contribution in [0.2, 0.25) is 0 Å². The van der Waals surface area contributed by atoms with E-state index in [1.54, 1.807) is 7.11 Å². The van der Waals surface area contributed by atoms with Crippen molar-refractivity contribution in [3.05, 3.63) is 23.3 Å². The highest BCUT2D eigenvalue weighted by molar-refractivity contribution is 5.62. The van der Waals surface area contributed by atoms with Gasteiger partial charge in [-0.25, -0.2) is 0 Å². The molecule has 1 aromatic rings. The number of rotatable bonds is 1. The molecule has 0 aromatic heterocycles. The number of hydrogen-bond donors (Lipinski definition) is 2. The van der Waals surface area contributed by atoms with Gasteiger partial charge in [-0.1, -0.05) is 6.07 Å². The summed E-state index contributed by atoms with van der Waals surface area (Å²) in [5.74, 6) is 0.777. The van der Waals surface area contributed by atoms with Crippen LogP contribution in [0.4, 0.5) is 5.69 Å². The number of benzene rings is 1. The van der Waals surface area contributed by atoms with Gasteiger partial charge in [-0.2, -0.15) is 0 Å². The Kier molecular flexibility index (Phi) is 2.33. The van der Waals surface area contributed by atoms with Crippen LogP contribution in [0.25, 0.3) is 0 Å². The van der Waals surface area contributed by atoms with Gasteiger partial charge in [-0.05, 0) is 36.5 Å². The predicted octanol–water partition coefficient (Wildman–Crippen LogP) is 1.09. The third-order valence-electron chi connectivity index (χ3n) is 2.88. The molecule has 1 aliphatic carbocycles. The Hall–Kier alpha value is -1.22. The SMILES string of the molecule is COc1ccc2c(c1N)CC[C@@H](N)C2. The van der Waals surface area contributed by atoms with E-state index in [0.717, 1.165) is 30.7 Å². The van der Waals surface area contributed by atoms with E-state index in [0.29, 0.717) is 0 Å². The number of methoxy groups -OCH3 is 1. The molecule has 0 bridgehead atoms. The lowest BCUT2D eigenvalue weighted by atomic mass is 9.87. The maximum absolute atomic E-state index is 5.99. The second kappa shape index (κ2) is 3.50. The molecule has 1 aromatic carbocycles. The highest BCUT2D eigenvalue weighted by atomic mass is 16.5. The van der Waals surface area contributed by atoms with Gasteiger partial charge < -0.3 is 16.2 Å². The van der Waals surface area contributed by atoms with Gasteiger partial charge in [0.1, 0.15) is 5.75 Å². The number of nitrogen functional groups attached to an aromatic ring is 1. The van der Waals surface area contributed by atoms with E-state index in [4.69, 9.17) is 16.2 Å². The second-order valence-corrected chi connectivity index (χ2v) is 3.82. The number of ether oxygens (including phenoxy) is 1. The molecule has 0 aliphatic heterocycles. The summed E-state index contributed by atoms with van der Waals surface area (Å²) in [5.41, 5.74) is 15.2. The Morgan fingerprint density at radius 3 is 2.93 bits per heavy atom. The van der Waals surface area contributed by atoms with Crippen LogP contribution < -0.4 is 16.2 Å². The zero-order valence-electron chi connectivity index (χ0n) is 8.42. The molecule has 0 spiro atoms. The minimum absolute atomic E-state index is 0.287. The zero-order valence-corrected chi connectivity index (χ0v) is 8.42. The lowest BCUT2D eigenvalue weighted by Crippen LogP contribution is -2.28. The molecule has 3 nitrogen and oxygen atoms in total. The Morgan fingerprint density at radius 1 is 1.43 bits per heavy atom. The summed E-state index contributed by atoms with van der Waals surface area (Å²) in [6.45, 7) is 0. The molecule has 0 fully saturated rings. The summed E-state index contributed by atoms with van der Waals surface area (Å²) >= 11 is 0. The molecule has 1 atom stereocenters. The second-order valence-electron chi connectivity index (χ2n) is 3.82. The van der Waals surface area contributed by atoms with Crippen LogP contribution in [0, 0.1) is 0 Å². The molecule has 1 aliphatic rings. The minimum atomic E-state index is 0.287. The summed E-state index contributed by atoms with van der Waals surface area (Å²) in [4.78, 5) is 0. The smallest absolute Gasteiger partial charge is 0.142 e. The number of fused-ring (bicyclic) bond motifs is 1. The molecule has 0 saturated carbocycles. The molecule has 2 rings (SSSR count). The van der Waals surface area contributed by atoms with Crippen molar-refractivity contribution in [3.63, 3.8) is 0 Å². The topological polar surface area (TPSA) is 61.3 Å². The van der Waals surface area contributed by atoms with Gasteiger partial charge in [-0.15, -0.1) is 0 Å². The van der Waals surface area contributed by atoms with Gasteiger partial charge >= 0.3 is 0 Å². The molecule has 4 N–H and O–H groups in total. The average Bonchev–Trinajstić information content (AvgIpc) is 2.18. The van der Waals surface area contributed by atoms with Crippen molar-refractivity contribution < 1.29 is 4.74 Å². The van der Waals surface area contributed by atoms with Crippen molar-refractivity contribution in [3.8, 4) is 5.75 Å². The van der Waals surface area contributed by atoms with Gasteiger partial charge in [0.2, 0.25) is 0 Å². The van der Waals surface area contributed by atoms with Crippen LogP contribution in [-0.2, 0) is 12.8 Å². The lowest BCUT2D eigenvalue weighted by Gasteiger charge is -2.23. The number of hydrogen-bond acceptors (Lipinski definition) is 3. The van der Waals surface area contributed by atoms with Crippen LogP contribution in [0.3, 0.4) is 0 Å². The van der Waals surface area contributed by atoms with E-state index in [9.17, 15) is 0 Å². The first-order chi connectivity index (χ1) is 6.72. The highest BCUT2D eigenvalue weighted by Crippen LogP contribution is 2.32. The van der Waals surface area contributed by atoms with Crippen molar-refractivity contribution in [2.75, 3.05) is 12.8 Å². The molecular formula is C11H16N2O. The van der Waals surface area contributed by atoms with Gasteiger partial charge in [0.15, 0.2) is 0 Å². The van der Waals surface area contributed by atoms with Crippen LogP contribution >= 0.6 is 0 Å². The highest BCUT2D eigenvalue weighted by Gasteiger charge is 2.19. The maximum Gasteiger partial charge on any atom is 0.142 e. The van der Waals surface area contributed by atoms with Crippen molar-refractivity contribution in [2.24, 2.45) is 5.73 Å². The van der Waals surface area contributed by atoms with Gasteiger partial charge in [0.05, 0.1) is 12.8 Å². The van der Waals surface area contributed by atoms with E-state index in [1.807, 2.05) is 6.07 Å². The molecule has 0 heterocycles. The van der Waals surface area contributed by atoms with E-state index < -0.39 is 0 Å². The summed E-state index contributed by atoms with van der Waals surface area (Å²) in [7, 11) is 1.65. The molecule has 3 heteroatoms. The van der Waals surface area contributed by atoms with Crippen molar-refractivity contribution >= 4 is 5.69 Å². The molecule has 76 valence electrons. The number of nitrogens with two attached hydrogens (primary N) is 2.